The van der Waals surface area contributed by atoms with Crippen LogP contribution in [0.4, 0.5) is 5.00 Å². The lowest BCUT2D eigenvalue weighted by Crippen LogP contribution is -2.26. The molecule has 3 aromatic rings. The second-order valence-electron chi connectivity index (χ2n) is 7.09. The summed E-state index contributed by atoms with van der Waals surface area (Å²) < 4.78 is 7.18. The molecular weight excluding hydrogens is 470 g/mol. The Kier molecular flexibility index (Phi) is 6.01. The van der Waals surface area contributed by atoms with Crippen molar-refractivity contribution in [3.8, 4) is 5.69 Å². The highest BCUT2D eigenvalue weighted by atomic mass is 79.9. The first-order chi connectivity index (χ1) is 14.5. The topological polar surface area (TPSA) is 90.3 Å². The number of hydrogen-bond donors (Lipinski definition) is 1. The lowest BCUT2D eigenvalue weighted by atomic mass is 10.1. The maximum Gasteiger partial charge on any atom is 0.359 e. The third-order valence-corrected chi connectivity index (χ3v) is 6.58. The number of rotatable bonds is 5. The van der Waals surface area contributed by atoms with Gasteiger partial charge in [0.1, 0.15) is 5.00 Å². The predicted molar refractivity (Wildman–Crippen MR) is 119 cm³/mol. The van der Waals surface area contributed by atoms with Gasteiger partial charge in [0.25, 0.3) is 5.56 Å². The van der Waals surface area contributed by atoms with Crippen molar-refractivity contribution in [1.82, 2.24) is 9.78 Å². The minimum Gasteiger partial charge on any atom is -0.461 e. The molecule has 7 nitrogen and oxygen atoms in total. The Morgan fingerprint density at radius 2 is 1.97 bits per heavy atom. The Morgan fingerprint density at radius 1 is 1.27 bits per heavy atom. The van der Waals surface area contributed by atoms with Gasteiger partial charge in [-0.05, 0) is 44.0 Å². The van der Waals surface area contributed by atoms with Gasteiger partial charge in [0.2, 0.25) is 5.91 Å². The molecule has 0 atom stereocenters. The van der Waals surface area contributed by atoms with Crippen LogP contribution in [-0.4, -0.2) is 28.3 Å². The average molecular weight is 490 g/mol. The normalized spacial score (nSPS) is 14.2. The van der Waals surface area contributed by atoms with Gasteiger partial charge >= 0.3 is 5.97 Å². The summed E-state index contributed by atoms with van der Waals surface area (Å²) in [6.45, 7) is 1.90. The summed E-state index contributed by atoms with van der Waals surface area (Å²) >= 11 is 4.59. The van der Waals surface area contributed by atoms with Crippen LogP contribution in [0.2, 0.25) is 0 Å². The molecule has 30 heavy (non-hydrogen) atoms. The molecule has 0 unspecified atom stereocenters. The number of hydrogen-bond acceptors (Lipinski definition) is 6. The van der Waals surface area contributed by atoms with Crippen molar-refractivity contribution >= 4 is 54.9 Å². The highest BCUT2D eigenvalue weighted by Gasteiger charge is 2.26. The maximum absolute atomic E-state index is 13.3. The van der Waals surface area contributed by atoms with Crippen molar-refractivity contribution in [2.24, 2.45) is 5.92 Å². The molecule has 1 fully saturated rings. The first kappa shape index (κ1) is 20.7. The molecule has 1 aliphatic carbocycles. The summed E-state index contributed by atoms with van der Waals surface area (Å²) in [6.07, 6.45) is 3.79. The Hall–Kier alpha value is -2.52. The third-order valence-electron chi connectivity index (χ3n) is 5.16. The monoisotopic (exact) mass is 489 g/mol. The van der Waals surface area contributed by atoms with Crippen LogP contribution in [0.25, 0.3) is 16.5 Å². The van der Waals surface area contributed by atoms with Crippen molar-refractivity contribution in [2.75, 3.05) is 11.9 Å². The van der Waals surface area contributed by atoms with Crippen molar-refractivity contribution in [3.63, 3.8) is 0 Å². The number of aromatic nitrogens is 2. The molecule has 0 spiro atoms. The van der Waals surface area contributed by atoms with Crippen LogP contribution < -0.4 is 10.9 Å². The largest absolute Gasteiger partial charge is 0.461 e. The standard InChI is InChI=1S/C21H20BrN3O4S/c1-2-29-21(28)17-15-11-30-19(23-18(26)12-5-3-4-6-12)16(15)20(27)25(24-17)14-9-7-13(22)8-10-14/h7-12H,2-6H2,1H3,(H,23,26). The second-order valence-corrected chi connectivity index (χ2v) is 8.88. The molecule has 2 aromatic heterocycles. The fraction of sp³-hybridized carbons (Fsp3) is 0.333. The molecule has 4 rings (SSSR count). The summed E-state index contributed by atoms with van der Waals surface area (Å²) in [5.74, 6) is -0.734. The molecule has 0 aliphatic heterocycles. The smallest absolute Gasteiger partial charge is 0.359 e. The van der Waals surface area contributed by atoms with E-state index in [0.717, 1.165) is 30.2 Å². The van der Waals surface area contributed by atoms with Gasteiger partial charge in [-0.15, -0.1) is 11.3 Å². The molecule has 0 radical (unpaired) electrons. The molecule has 1 saturated carbocycles. The lowest BCUT2D eigenvalue weighted by Gasteiger charge is -2.11. The summed E-state index contributed by atoms with van der Waals surface area (Å²) in [7, 11) is 0. The van der Waals surface area contributed by atoms with E-state index in [9.17, 15) is 14.4 Å². The van der Waals surface area contributed by atoms with Crippen LogP contribution >= 0.6 is 27.3 Å². The molecule has 0 bridgehead atoms. The van der Waals surface area contributed by atoms with Gasteiger partial charge < -0.3 is 10.1 Å². The summed E-state index contributed by atoms with van der Waals surface area (Å²) in [6, 6.07) is 7.02. The second kappa shape index (κ2) is 8.69. The van der Waals surface area contributed by atoms with E-state index < -0.39 is 11.5 Å². The Morgan fingerprint density at radius 3 is 2.63 bits per heavy atom. The van der Waals surface area contributed by atoms with E-state index in [1.807, 2.05) is 0 Å². The molecule has 1 aromatic carbocycles. The van der Waals surface area contributed by atoms with Gasteiger partial charge in [-0.3, -0.25) is 9.59 Å². The van der Waals surface area contributed by atoms with Gasteiger partial charge in [-0.2, -0.15) is 9.78 Å². The highest BCUT2D eigenvalue weighted by molar-refractivity contribution is 9.10. The predicted octanol–water partition coefficient (Wildman–Crippen LogP) is 4.52. The SMILES string of the molecule is CCOC(=O)c1nn(-c2ccc(Br)cc2)c(=O)c2c(NC(=O)C3CCCC3)scc12. The molecule has 2 heterocycles. The van der Waals surface area contributed by atoms with Gasteiger partial charge in [0.15, 0.2) is 5.69 Å². The molecular formula is C21H20BrN3O4S. The third kappa shape index (κ3) is 3.91. The van der Waals surface area contributed by atoms with Crippen LogP contribution in [0.3, 0.4) is 0 Å². The fourth-order valence-corrected chi connectivity index (χ4v) is 4.86. The van der Waals surface area contributed by atoms with Crippen LogP contribution in [0.1, 0.15) is 43.1 Å². The van der Waals surface area contributed by atoms with Crippen molar-refractivity contribution in [2.45, 2.75) is 32.6 Å². The molecule has 0 saturated heterocycles. The van der Waals surface area contributed by atoms with Crippen molar-refractivity contribution in [3.05, 3.63) is 50.2 Å². The van der Waals surface area contributed by atoms with Crippen LogP contribution in [-0.2, 0) is 9.53 Å². The van der Waals surface area contributed by atoms with E-state index in [2.05, 4.69) is 26.3 Å². The number of thiophene rings is 1. The van der Waals surface area contributed by atoms with E-state index in [4.69, 9.17) is 4.74 Å². The number of ether oxygens (including phenoxy) is 1. The van der Waals surface area contributed by atoms with Crippen LogP contribution in [0.15, 0.2) is 38.9 Å². The first-order valence-corrected chi connectivity index (χ1v) is 11.4. The average Bonchev–Trinajstić information content (AvgIpc) is 3.40. The Balaban J connectivity index is 1.86. The van der Waals surface area contributed by atoms with E-state index in [0.29, 0.717) is 16.1 Å². The number of carbonyl (C=O) groups is 2. The molecule has 156 valence electrons. The number of nitrogens with zero attached hydrogens (tertiary/aromatic N) is 2. The number of amides is 1. The van der Waals surface area contributed by atoms with Gasteiger partial charge in [0.05, 0.1) is 17.7 Å². The number of carbonyl (C=O) groups excluding carboxylic acids is 2. The first-order valence-electron chi connectivity index (χ1n) is 9.78. The fourth-order valence-electron chi connectivity index (χ4n) is 3.65. The number of halogens is 1. The van der Waals surface area contributed by atoms with E-state index in [1.165, 1.54) is 16.0 Å². The van der Waals surface area contributed by atoms with Gasteiger partial charge in [-0.1, -0.05) is 28.8 Å². The molecule has 1 aliphatic rings. The number of benzene rings is 1. The van der Waals surface area contributed by atoms with Gasteiger partial charge in [-0.25, -0.2) is 4.79 Å². The van der Waals surface area contributed by atoms with E-state index in [1.54, 1.807) is 36.6 Å². The number of esters is 1. The van der Waals surface area contributed by atoms with Crippen LogP contribution in [0, 0.1) is 5.92 Å². The Bertz CT molecular complexity index is 1160. The zero-order valence-electron chi connectivity index (χ0n) is 16.3. The summed E-state index contributed by atoms with van der Waals surface area (Å²) in [4.78, 5) is 38.5. The number of fused-ring (bicyclic) bond motifs is 1. The molecule has 1 amide bonds. The lowest BCUT2D eigenvalue weighted by molar-refractivity contribution is -0.119. The molecule has 9 heteroatoms. The van der Waals surface area contributed by atoms with Crippen molar-refractivity contribution < 1.29 is 14.3 Å². The quantitative estimate of drug-likeness (QED) is 0.532. The number of anilines is 1. The minimum atomic E-state index is -0.611. The maximum atomic E-state index is 13.3. The van der Waals surface area contributed by atoms with Crippen LogP contribution in [0.5, 0.6) is 0 Å². The summed E-state index contributed by atoms with van der Waals surface area (Å²) in [5.41, 5.74) is 0.158. The zero-order chi connectivity index (χ0) is 21.3. The minimum absolute atomic E-state index is 0.0396. The van der Waals surface area contributed by atoms with Gasteiger partial charge in [0, 0.05) is 21.2 Å². The van der Waals surface area contributed by atoms with E-state index >= 15 is 0 Å². The van der Waals surface area contributed by atoms with Crippen molar-refractivity contribution in [1.29, 1.82) is 0 Å². The number of nitrogens with one attached hydrogen (secondary N) is 1. The molecule has 1 N–H and O–H groups in total. The summed E-state index contributed by atoms with van der Waals surface area (Å²) in [5, 5.41) is 9.98. The Labute approximate surface area is 185 Å². The zero-order valence-corrected chi connectivity index (χ0v) is 18.7. The van der Waals surface area contributed by atoms with E-state index in [-0.39, 0.29) is 29.5 Å². The highest BCUT2D eigenvalue weighted by Crippen LogP contribution is 2.33.